The number of hydrogen-bond acceptors (Lipinski definition) is 2. The summed E-state index contributed by atoms with van der Waals surface area (Å²) in [5, 5.41) is 0. The van der Waals surface area contributed by atoms with Crippen molar-refractivity contribution in [2.45, 2.75) is 6.61 Å². The summed E-state index contributed by atoms with van der Waals surface area (Å²) in [5.74, 6) is 1.38. The van der Waals surface area contributed by atoms with E-state index in [1.165, 1.54) is 0 Å². The molecule has 3 nitrogen and oxygen atoms in total. The average molecular weight is 237 g/mol. The highest BCUT2D eigenvalue weighted by atomic mass is 35.5. The molecule has 84 valence electrons. The highest BCUT2D eigenvalue weighted by molar-refractivity contribution is 6.17. The number of aromatic nitrogens is 2. The van der Waals surface area contributed by atoms with Gasteiger partial charge in [0.2, 0.25) is 0 Å². The van der Waals surface area contributed by atoms with Crippen LogP contribution in [0.1, 0.15) is 5.69 Å². The highest BCUT2D eigenvalue weighted by Crippen LogP contribution is 2.14. The minimum Gasteiger partial charge on any atom is -0.374 e. The fourth-order valence-electron chi connectivity index (χ4n) is 1.41. The summed E-state index contributed by atoms with van der Waals surface area (Å²) in [6.45, 7) is 1.08. The fourth-order valence-corrected chi connectivity index (χ4v) is 1.52. The van der Waals surface area contributed by atoms with E-state index in [9.17, 15) is 0 Å². The molecule has 2 rings (SSSR count). The molecule has 0 aliphatic heterocycles. The molecule has 0 bridgehead atoms. The van der Waals surface area contributed by atoms with E-state index in [2.05, 4.69) is 9.97 Å². The van der Waals surface area contributed by atoms with Crippen molar-refractivity contribution in [3.8, 4) is 11.4 Å². The van der Waals surface area contributed by atoms with E-state index in [0.29, 0.717) is 19.1 Å². The molecule has 0 unspecified atom stereocenters. The first-order chi connectivity index (χ1) is 7.90. The molecule has 0 aliphatic rings. The molecule has 1 N–H and O–H groups in total. The van der Waals surface area contributed by atoms with Crippen LogP contribution in [-0.2, 0) is 11.3 Å². The largest absolute Gasteiger partial charge is 0.374 e. The third-order valence-corrected chi connectivity index (χ3v) is 2.31. The Morgan fingerprint density at radius 2 is 2.06 bits per heavy atom. The SMILES string of the molecule is ClCCOCc1cnc(-c2ccccc2)[nH]1. The molecule has 1 aromatic carbocycles. The van der Waals surface area contributed by atoms with Crippen LogP contribution in [0.3, 0.4) is 0 Å². The Morgan fingerprint density at radius 1 is 1.25 bits per heavy atom. The van der Waals surface area contributed by atoms with Gasteiger partial charge in [-0.2, -0.15) is 0 Å². The third kappa shape index (κ3) is 2.84. The van der Waals surface area contributed by atoms with Crippen molar-refractivity contribution in [2.24, 2.45) is 0 Å². The second-order valence-corrected chi connectivity index (χ2v) is 3.74. The van der Waals surface area contributed by atoms with Crippen LogP contribution < -0.4 is 0 Å². The molecular weight excluding hydrogens is 224 g/mol. The summed E-state index contributed by atoms with van der Waals surface area (Å²) in [4.78, 5) is 7.51. The monoisotopic (exact) mass is 236 g/mol. The lowest BCUT2D eigenvalue weighted by atomic mass is 10.2. The van der Waals surface area contributed by atoms with Gasteiger partial charge in [0, 0.05) is 11.4 Å². The number of benzene rings is 1. The van der Waals surface area contributed by atoms with Crippen molar-refractivity contribution in [3.63, 3.8) is 0 Å². The molecule has 0 fully saturated rings. The Labute approximate surface area is 99.4 Å². The molecule has 0 saturated carbocycles. The Balaban J connectivity index is 2.02. The lowest BCUT2D eigenvalue weighted by Crippen LogP contribution is -1.96. The quantitative estimate of drug-likeness (QED) is 0.640. The second-order valence-electron chi connectivity index (χ2n) is 3.36. The zero-order chi connectivity index (χ0) is 11.2. The molecule has 1 aromatic heterocycles. The first-order valence-corrected chi connectivity index (χ1v) is 5.66. The van der Waals surface area contributed by atoms with Gasteiger partial charge in [0.1, 0.15) is 5.82 Å². The van der Waals surface area contributed by atoms with Crippen LogP contribution in [0, 0.1) is 0 Å². The van der Waals surface area contributed by atoms with E-state index in [4.69, 9.17) is 16.3 Å². The lowest BCUT2D eigenvalue weighted by molar-refractivity contribution is 0.133. The van der Waals surface area contributed by atoms with E-state index in [1.807, 2.05) is 30.3 Å². The second kappa shape index (κ2) is 5.68. The summed E-state index contributed by atoms with van der Waals surface area (Å²) in [7, 11) is 0. The topological polar surface area (TPSA) is 37.9 Å². The summed E-state index contributed by atoms with van der Waals surface area (Å²) in [6, 6.07) is 9.99. The molecule has 2 aromatic rings. The van der Waals surface area contributed by atoms with Crippen LogP contribution in [0.15, 0.2) is 36.5 Å². The van der Waals surface area contributed by atoms with Crippen molar-refractivity contribution < 1.29 is 4.74 Å². The molecule has 1 heterocycles. The Kier molecular flexibility index (Phi) is 3.97. The van der Waals surface area contributed by atoms with E-state index >= 15 is 0 Å². The van der Waals surface area contributed by atoms with E-state index in [0.717, 1.165) is 17.1 Å². The number of nitrogens with zero attached hydrogens (tertiary/aromatic N) is 1. The van der Waals surface area contributed by atoms with Crippen molar-refractivity contribution in [1.29, 1.82) is 0 Å². The third-order valence-electron chi connectivity index (χ3n) is 2.15. The van der Waals surface area contributed by atoms with Crippen molar-refractivity contribution in [3.05, 3.63) is 42.2 Å². The summed E-state index contributed by atoms with van der Waals surface area (Å²) in [5.41, 5.74) is 2.04. The Morgan fingerprint density at radius 3 is 2.81 bits per heavy atom. The first kappa shape index (κ1) is 11.2. The molecule has 4 heteroatoms. The number of aromatic amines is 1. The molecule has 0 aliphatic carbocycles. The number of hydrogen-bond donors (Lipinski definition) is 1. The Bertz CT molecular complexity index is 428. The van der Waals surface area contributed by atoms with Crippen LogP contribution in [-0.4, -0.2) is 22.5 Å². The molecular formula is C12H13ClN2O. The van der Waals surface area contributed by atoms with Gasteiger partial charge < -0.3 is 9.72 Å². The predicted molar refractivity (Wildman–Crippen MR) is 64.4 cm³/mol. The number of nitrogens with one attached hydrogen (secondary N) is 1. The summed E-state index contributed by atoms with van der Waals surface area (Å²) >= 11 is 5.52. The number of ether oxygens (including phenoxy) is 1. The zero-order valence-corrected chi connectivity index (χ0v) is 9.57. The Hall–Kier alpha value is -1.32. The van der Waals surface area contributed by atoms with Crippen LogP contribution >= 0.6 is 11.6 Å². The van der Waals surface area contributed by atoms with Crippen LogP contribution in [0.2, 0.25) is 0 Å². The zero-order valence-electron chi connectivity index (χ0n) is 8.82. The van der Waals surface area contributed by atoms with Gasteiger partial charge in [-0.3, -0.25) is 0 Å². The van der Waals surface area contributed by atoms with Gasteiger partial charge in [-0.15, -0.1) is 11.6 Å². The molecule has 16 heavy (non-hydrogen) atoms. The normalized spacial score (nSPS) is 10.6. The maximum atomic E-state index is 5.52. The van der Waals surface area contributed by atoms with Gasteiger partial charge in [-0.1, -0.05) is 30.3 Å². The minimum atomic E-state index is 0.514. The van der Waals surface area contributed by atoms with Gasteiger partial charge in [0.05, 0.1) is 25.1 Å². The van der Waals surface area contributed by atoms with E-state index < -0.39 is 0 Å². The standard InChI is InChI=1S/C12H13ClN2O/c13-6-7-16-9-11-8-14-12(15-11)10-4-2-1-3-5-10/h1-5,8H,6-7,9H2,(H,14,15). The fraction of sp³-hybridized carbons (Fsp3) is 0.250. The maximum absolute atomic E-state index is 5.52. The van der Waals surface area contributed by atoms with Gasteiger partial charge in [-0.05, 0) is 0 Å². The number of H-pyrrole nitrogens is 1. The predicted octanol–water partition coefficient (Wildman–Crippen LogP) is 2.83. The van der Waals surface area contributed by atoms with E-state index in [-0.39, 0.29) is 0 Å². The molecule has 0 radical (unpaired) electrons. The molecule has 0 amide bonds. The number of halogens is 1. The van der Waals surface area contributed by atoms with Crippen molar-refractivity contribution in [1.82, 2.24) is 9.97 Å². The van der Waals surface area contributed by atoms with Gasteiger partial charge in [-0.25, -0.2) is 4.98 Å². The smallest absolute Gasteiger partial charge is 0.137 e. The van der Waals surface area contributed by atoms with Gasteiger partial charge in [0.25, 0.3) is 0 Å². The molecule has 0 atom stereocenters. The van der Waals surface area contributed by atoms with Crippen molar-refractivity contribution >= 4 is 11.6 Å². The maximum Gasteiger partial charge on any atom is 0.137 e. The first-order valence-electron chi connectivity index (χ1n) is 5.13. The summed E-state index contributed by atoms with van der Waals surface area (Å²) < 4.78 is 5.31. The highest BCUT2D eigenvalue weighted by Gasteiger charge is 2.02. The minimum absolute atomic E-state index is 0.514. The lowest BCUT2D eigenvalue weighted by Gasteiger charge is -1.98. The molecule has 0 saturated heterocycles. The van der Waals surface area contributed by atoms with Crippen LogP contribution in [0.4, 0.5) is 0 Å². The molecule has 0 spiro atoms. The van der Waals surface area contributed by atoms with Crippen LogP contribution in [0.25, 0.3) is 11.4 Å². The van der Waals surface area contributed by atoms with E-state index in [1.54, 1.807) is 6.20 Å². The average Bonchev–Trinajstić information content (AvgIpc) is 2.79. The summed E-state index contributed by atoms with van der Waals surface area (Å²) in [6.07, 6.45) is 1.79. The number of rotatable bonds is 5. The van der Waals surface area contributed by atoms with Gasteiger partial charge in [0.15, 0.2) is 0 Å². The number of imidazole rings is 1. The van der Waals surface area contributed by atoms with Gasteiger partial charge >= 0.3 is 0 Å². The van der Waals surface area contributed by atoms with Crippen LogP contribution in [0.5, 0.6) is 0 Å². The van der Waals surface area contributed by atoms with Crippen molar-refractivity contribution in [2.75, 3.05) is 12.5 Å². The number of alkyl halides is 1.